The van der Waals surface area contributed by atoms with Crippen LogP contribution < -0.4 is 15.6 Å². The molecule has 0 aliphatic carbocycles. The SMILES string of the molecule is CC(C)Oc1ccc(-n2c(=O)ccc3cc(C(=O)NCc4nc5ccccc5[nH]4)[nH]c32)cc1. The van der Waals surface area contributed by atoms with Gasteiger partial charge in [-0.2, -0.15) is 0 Å². The fourth-order valence-electron chi connectivity index (χ4n) is 3.79. The molecule has 0 spiro atoms. The molecule has 0 unspecified atom stereocenters. The van der Waals surface area contributed by atoms with E-state index < -0.39 is 0 Å². The number of amides is 1. The molecule has 8 nitrogen and oxygen atoms in total. The molecule has 166 valence electrons. The van der Waals surface area contributed by atoms with E-state index in [1.807, 2.05) is 62.4 Å². The van der Waals surface area contributed by atoms with Crippen LogP contribution in [0.5, 0.6) is 5.75 Å². The number of carbonyl (C=O) groups is 1. The van der Waals surface area contributed by atoms with Gasteiger partial charge in [0.1, 0.15) is 22.9 Å². The van der Waals surface area contributed by atoms with Gasteiger partial charge in [-0.1, -0.05) is 12.1 Å². The Bertz CT molecular complexity index is 1480. The number of ether oxygens (including phenoxy) is 1. The summed E-state index contributed by atoms with van der Waals surface area (Å²) in [6.07, 6.45) is 0.0612. The van der Waals surface area contributed by atoms with Crippen molar-refractivity contribution in [2.24, 2.45) is 0 Å². The Balaban J connectivity index is 1.41. The molecule has 0 fully saturated rings. The number of benzene rings is 2. The first kappa shape index (κ1) is 20.6. The summed E-state index contributed by atoms with van der Waals surface area (Å²) < 4.78 is 7.23. The molecule has 0 bridgehead atoms. The van der Waals surface area contributed by atoms with Gasteiger partial charge in [-0.3, -0.25) is 14.2 Å². The molecular formula is C25H23N5O3. The number of rotatable bonds is 6. The maximum Gasteiger partial charge on any atom is 0.268 e. The largest absolute Gasteiger partial charge is 0.491 e. The number of fused-ring (bicyclic) bond motifs is 2. The standard InChI is InChI=1S/C25H23N5O3/c1-15(2)33-18-10-8-17(9-11-18)30-23(31)12-7-16-13-21(29-24(16)30)25(32)26-14-22-27-19-5-3-4-6-20(19)28-22/h3-13,15,29H,14H2,1-2H3,(H,26,32)(H,27,28). The van der Waals surface area contributed by atoms with E-state index in [0.717, 1.165) is 22.2 Å². The highest BCUT2D eigenvalue weighted by atomic mass is 16.5. The van der Waals surface area contributed by atoms with Crippen LogP contribution in [0.15, 0.2) is 71.5 Å². The van der Waals surface area contributed by atoms with Gasteiger partial charge in [0.25, 0.3) is 11.5 Å². The van der Waals surface area contributed by atoms with Crippen LogP contribution in [0.25, 0.3) is 27.8 Å². The number of para-hydroxylation sites is 2. The second-order valence-electron chi connectivity index (χ2n) is 8.04. The van der Waals surface area contributed by atoms with Crippen LogP contribution in [0.4, 0.5) is 0 Å². The molecule has 0 saturated heterocycles. The molecule has 3 heterocycles. The van der Waals surface area contributed by atoms with Crippen LogP contribution in [-0.2, 0) is 6.54 Å². The summed E-state index contributed by atoms with van der Waals surface area (Å²) in [6, 6.07) is 19.9. The zero-order chi connectivity index (χ0) is 22.9. The molecule has 33 heavy (non-hydrogen) atoms. The van der Waals surface area contributed by atoms with Crippen molar-refractivity contribution in [1.82, 2.24) is 24.8 Å². The van der Waals surface area contributed by atoms with Gasteiger partial charge in [0.2, 0.25) is 0 Å². The lowest BCUT2D eigenvalue weighted by atomic mass is 10.2. The van der Waals surface area contributed by atoms with Crippen molar-refractivity contribution in [2.75, 3.05) is 0 Å². The fourth-order valence-corrected chi connectivity index (χ4v) is 3.79. The first-order valence-electron chi connectivity index (χ1n) is 10.7. The highest BCUT2D eigenvalue weighted by Crippen LogP contribution is 2.20. The van der Waals surface area contributed by atoms with E-state index in [2.05, 4.69) is 20.3 Å². The molecule has 5 aromatic rings. The van der Waals surface area contributed by atoms with Crippen LogP contribution in [-0.4, -0.2) is 31.5 Å². The van der Waals surface area contributed by atoms with Crippen molar-refractivity contribution in [2.45, 2.75) is 26.5 Å². The Morgan fingerprint density at radius 1 is 1.06 bits per heavy atom. The number of hydrogen-bond donors (Lipinski definition) is 3. The Kier molecular flexibility index (Phi) is 5.18. The van der Waals surface area contributed by atoms with Gasteiger partial charge < -0.3 is 20.0 Å². The van der Waals surface area contributed by atoms with Crippen molar-refractivity contribution in [3.8, 4) is 11.4 Å². The minimum absolute atomic E-state index is 0.0612. The topological polar surface area (TPSA) is 105 Å². The average molecular weight is 441 g/mol. The summed E-state index contributed by atoms with van der Waals surface area (Å²) >= 11 is 0. The van der Waals surface area contributed by atoms with Gasteiger partial charge in [-0.15, -0.1) is 0 Å². The lowest BCUT2D eigenvalue weighted by Crippen LogP contribution is -2.23. The van der Waals surface area contributed by atoms with Gasteiger partial charge in [-0.25, -0.2) is 4.98 Å². The molecule has 0 saturated carbocycles. The number of carbonyl (C=O) groups excluding carboxylic acids is 1. The maximum atomic E-state index is 12.8. The van der Waals surface area contributed by atoms with Crippen LogP contribution in [0, 0.1) is 0 Å². The lowest BCUT2D eigenvalue weighted by molar-refractivity contribution is 0.0945. The summed E-state index contributed by atoms with van der Waals surface area (Å²) in [7, 11) is 0. The highest BCUT2D eigenvalue weighted by Gasteiger charge is 2.14. The molecule has 0 atom stereocenters. The van der Waals surface area contributed by atoms with E-state index in [1.54, 1.807) is 16.7 Å². The molecule has 8 heteroatoms. The zero-order valence-electron chi connectivity index (χ0n) is 18.3. The number of aromatic nitrogens is 4. The molecule has 5 rings (SSSR count). The van der Waals surface area contributed by atoms with Crippen molar-refractivity contribution in [1.29, 1.82) is 0 Å². The molecule has 0 radical (unpaired) electrons. The number of H-pyrrole nitrogens is 2. The van der Waals surface area contributed by atoms with Crippen molar-refractivity contribution < 1.29 is 9.53 Å². The minimum Gasteiger partial charge on any atom is -0.491 e. The van der Waals surface area contributed by atoms with E-state index >= 15 is 0 Å². The number of aromatic amines is 2. The van der Waals surface area contributed by atoms with E-state index in [1.165, 1.54) is 6.07 Å². The van der Waals surface area contributed by atoms with Gasteiger partial charge in [-0.05, 0) is 62.4 Å². The summed E-state index contributed by atoms with van der Waals surface area (Å²) in [5.41, 5.74) is 3.16. The van der Waals surface area contributed by atoms with Crippen LogP contribution in [0.2, 0.25) is 0 Å². The van der Waals surface area contributed by atoms with Crippen molar-refractivity contribution >= 4 is 28.0 Å². The van der Waals surface area contributed by atoms with E-state index in [9.17, 15) is 9.59 Å². The fraction of sp³-hybridized carbons (Fsp3) is 0.160. The molecule has 3 N–H and O–H groups in total. The summed E-state index contributed by atoms with van der Waals surface area (Å²) in [4.78, 5) is 36.2. The molecular weight excluding hydrogens is 418 g/mol. The number of nitrogens with one attached hydrogen (secondary N) is 3. The summed E-state index contributed by atoms with van der Waals surface area (Å²) in [6.45, 7) is 4.17. The third-order valence-corrected chi connectivity index (χ3v) is 5.24. The van der Waals surface area contributed by atoms with E-state index in [-0.39, 0.29) is 24.1 Å². The Morgan fingerprint density at radius 3 is 2.61 bits per heavy atom. The van der Waals surface area contributed by atoms with Gasteiger partial charge in [0.15, 0.2) is 0 Å². The van der Waals surface area contributed by atoms with Crippen LogP contribution in [0.1, 0.15) is 30.2 Å². The highest BCUT2D eigenvalue weighted by molar-refractivity contribution is 5.97. The predicted molar refractivity (Wildman–Crippen MR) is 127 cm³/mol. The van der Waals surface area contributed by atoms with E-state index in [0.29, 0.717) is 22.9 Å². The van der Waals surface area contributed by atoms with Crippen LogP contribution in [0.3, 0.4) is 0 Å². The van der Waals surface area contributed by atoms with Gasteiger partial charge >= 0.3 is 0 Å². The third kappa shape index (κ3) is 4.10. The smallest absolute Gasteiger partial charge is 0.268 e. The third-order valence-electron chi connectivity index (χ3n) is 5.24. The zero-order valence-corrected chi connectivity index (χ0v) is 18.3. The molecule has 2 aromatic carbocycles. The Morgan fingerprint density at radius 2 is 1.85 bits per heavy atom. The number of hydrogen-bond acceptors (Lipinski definition) is 4. The predicted octanol–water partition coefficient (Wildman–Crippen LogP) is 3.91. The van der Waals surface area contributed by atoms with Crippen LogP contribution >= 0.6 is 0 Å². The van der Waals surface area contributed by atoms with Gasteiger partial charge in [0, 0.05) is 11.5 Å². The van der Waals surface area contributed by atoms with Gasteiger partial charge in [0.05, 0.1) is 29.4 Å². The van der Waals surface area contributed by atoms with Crippen molar-refractivity contribution in [3.05, 3.63) is 88.6 Å². The normalized spacial score (nSPS) is 11.4. The Hall–Kier alpha value is -4.33. The number of imidazole rings is 1. The van der Waals surface area contributed by atoms with E-state index in [4.69, 9.17) is 4.74 Å². The number of pyridine rings is 1. The monoisotopic (exact) mass is 441 g/mol. The molecule has 0 aliphatic heterocycles. The lowest BCUT2D eigenvalue weighted by Gasteiger charge is -2.11. The quantitative estimate of drug-likeness (QED) is 0.372. The van der Waals surface area contributed by atoms with Crippen molar-refractivity contribution in [3.63, 3.8) is 0 Å². The Labute approximate surface area is 189 Å². The summed E-state index contributed by atoms with van der Waals surface area (Å²) in [5.74, 6) is 1.11. The molecule has 3 aromatic heterocycles. The number of nitrogens with zero attached hydrogens (tertiary/aromatic N) is 2. The second-order valence-corrected chi connectivity index (χ2v) is 8.04. The first-order valence-corrected chi connectivity index (χ1v) is 10.7. The molecule has 1 amide bonds. The molecule has 0 aliphatic rings. The first-order chi connectivity index (χ1) is 16.0. The second kappa shape index (κ2) is 8.31. The minimum atomic E-state index is -0.286. The average Bonchev–Trinajstić information content (AvgIpc) is 3.42. The summed E-state index contributed by atoms with van der Waals surface area (Å²) in [5, 5.41) is 3.62. The maximum absolute atomic E-state index is 12.8.